The molecule has 1 saturated heterocycles. The largest absolute Gasteiger partial charge is 0.507 e. The molecular formula is C29H29F2N7O3. The maximum atomic E-state index is 15.8. The van der Waals surface area contributed by atoms with Crippen LogP contribution in [-0.2, 0) is 17.6 Å². The number of rotatable bonds is 6. The predicted octanol–water partition coefficient (Wildman–Crippen LogP) is 3.57. The molecule has 4 heterocycles. The summed E-state index contributed by atoms with van der Waals surface area (Å²) in [6, 6.07) is 4.49. The summed E-state index contributed by atoms with van der Waals surface area (Å²) in [4.78, 5) is 47.1. The Kier molecular flexibility index (Phi) is 7.48. The number of aromatic nitrogens is 5. The number of hydrogen-bond donors (Lipinski definition) is 1. The zero-order chi connectivity index (χ0) is 29.4. The molecule has 0 radical (unpaired) electrons. The van der Waals surface area contributed by atoms with Crippen LogP contribution in [0.3, 0.4) is 0 Å². The quantitative estimate of drug-likeness (QED) is 0.355. The fourth-order valence-electron chi connectivity index (χ4n) is 5.28. The number of hydrogen-bond acceptors (Lipinski definition) is 8. The van der Waals surface area contributed by atoms with Gasteiger partial charge in [0.1, 0.15) is 29.4 Å². The molecular weight excluding hydrogens is 532 g/mol. The Morgan fingerprint density at radius 2 is 1.83 bits per heavy atom. The minimum Gasteiger partial charge on any atom is -0.507 e. The first kappa shape index (κ1) is 27.8. The van der Waals surface area contributed by atoms with E-state index in [2.05, 4.69) is 26.5 Å². The average Bonchev–Trinajstić information content (AvgIpc) is 2.96. The molecule has 1 N–H and O–H groups in total. The number of anilines is 1. The maximum absolute atomic E-state index is 15.8. The highest BCUT2D eigenvalue weighted by Crippen LogP contribution is 2.36. The number of benzene rings is 1. The first-order chi connectivity index (χ1) is 19.7. The molecule has 3 aromatic heterocycles. The summed E-state index contributed by atoms with van der Waals surface area (Å²) in [7, 11) is 0. The fraction of sp³-hybridized carbons (Fsp3) is 0.310. The van der Waals surface area contributed by atoms with E-state index in [0.717, 1.165) is 12.1 Å². The number of amides is 1. The van der Waals surface area contributed by atoms with E-state index in [4.69, 9.17) is 0 Å². The molecule has 41 heavy (non-hydrogen) atoms. The number of pyridine rings is 1. The van der Waals surface area contributed by atoms with E-state index in [1.165, 1.54) is 29.1 Å². The predicted molar refractivity (Wildman–Crippen MR) is 150 cm³/mol. The van der Waals surface area contributed by atoms with Crippen molar-refractivity contribution in [3.05, 3.63) is 76.8 Å². The smallest absolute Gasteiger partial charge is 0.355 e. The molecule has 1 aliphatic heterocycles. The highest BCUT2D eigenvalue weighted by atomic mass is 19.1. The van der Waals surface area contributed by atoms with Crippen LogP contribution in [0.1, 0.15) is 32.2 Å². The lowest BCUT2D eigenvalue weighted by atomic mass is 10.1. The topological polar surface area (TPSA) is 117 Å². The molecule has 1 aromatic carbocycles. The third kappa shape index (κ3) is 4.79. The second kappa shape index (κ2) is 11.0. The minimum atomic E-state index is -0.907. The number of fused-ring (bicyclic) bond motifs is 1. The molecule has 1 atom stereocenters. The highest BCUT2D eigenvalue weighted by molar-refractivity contribution is 5.91. The first-order valence-corrected chi connectivity index (χ1v) is 13.3. The number of carbonyl (C=O) groups is 1. The summed E-state index contributed by atoms with van der Waals surface area (Å²) >= 11 is 0. The van der Waals surface area contributed by atoms with Crippen molar-refractivity contribution >= 4 is 22.8 Å². The van der Waals surface area contributed by atoms with Crippen LogP contribution in [0.4, 0.5) is 14.6 Å². The van der Waals surface area contributed by atoms with E-state index in [-0.39, 0.29) is 28.8 Å². The van der Waals surface area contributed by atoms with Crippen molar-refractivity contribution in [2.45, 2.75) is 39.7 Å². The lowest BCUT2D eigenvalue weighted by Crippen LogP contribution is -2.54. The summed E-state index contributed by atoms with van der Waals surface area (Å²) in [6.45, 7) is 10.2. The van der Waals surface area contributed by atoms with Crippen molar-refractivity contribution in [3.8, 4) is 22.7 Å². The van der Waals surface area contributed by atoms with Gasteiger partial charge in [0.2, 0.25) is 5.91 Å². The Morgan fingerprint density at radius 3 is 2.44 bits per heavy atom. The summed E-state index contributed by atoms with van der Waals surface area (Å²) in [5, 5.41) is 10.6. The van der Waals surface area contributed by atoms with Crippen LogP contribution in [0, 0.1) is 11.6 Å². The molecule has 5 rings (SSSR count). The fourth-order valence-corrected chi connectivity index (χ4v) is 5.28. The van der Waals surface area contributed by atoms with Crippen LogP contribution in [0.25, 0.3) is 28.0 Å². The Labute approximate surface area is 234 Å². The minimum absolute atomic E-state index is 0.00931. The van der Waals surface area contributed by atoms with Gasteiger partial charge >= 0.3 is 5.69 Å². The number of aryl methyl sites for hydroxylation is 2. The Morgan fingerprint density at radius 1 is 1.12 bits per heavy atom. The van der Waals surface area contributed by atoms with Crippen molar-refractivity contribution in [1.82, 2.24) is 29.4 Å². The molecule has 12 heteroatoms. The van der Waals surface area contributed by atoms with Crippen molar-refractivity contribution in [3.63, 3.8) is 0 Å². The number of phenols is 1. The second-order valence-electron chi connectivity index (χ2n) is 9.73. The molecule has 0 spiro atoms. The number of piperazine rings is 1. The van der Waals surface area contributed by atoms with Gasteiger partial charge in [0.05, 0.1) is 28.0 Å². The summed E-state index contributed by atoms with van der Waals surface area (Å²) in [6.07, 6.45) is 3.57. The highest BCUT2D eigenvalue weighted by Gasteiger charge is 2.31. The molecule has 1 fully saturated rings. The van der Waals surface area contributed by atoms with Gasteiger partial charge in [-0.05, 0) is 44.0 Å². The monoisotopic (exact) mass is 561 g/mol. The molecule has 0 aliphatic carbocycles. The van der Waals surface area contributed by atoms with Crippen molar-refractivity contribution < 1.29 is 18.7 Å². The third-order valence-electron chi connectivity index (χ3n) is 7.28. The molecule has 0 unspecified atom stereocenters. The van der Waals surface area contributed by atoms with Crippen LogP contribution in [-0.4, -0.2) is 66.1 Å². The SMILES string of the molecule is C=CC(=O)N1CCN(c2nc(=O)n(-c3c(CC)ncnc3CC)c3nc(-c4c(O)cccc4F)c(F)cc23)[C@@H](C)C1. The number of halogens is 2. The molecule has 212 valence electrons. The zero-order valence-electron chi connectivity index (χ0n) is 22.9. The van der Waals surface area contributed by atoms with Gasteiger partial charge in [-0.3, -0.25) is 4.79 Å². The number of phenolic OH excluding ortho intramolecular Hbond substituents is 1. The van der Waals surface area contributed by atoms with Gasteiger partial charge in [0.15, 0.2) is 11.5 Å². The maximum Gasteiger partial charge on any atom is 0.355 e. The lowest BCUT2D eigenvalue weighted by molar-refractivity contribution is -0.126. The van der Waals surface area contributed by atoms with Crippen molar-refractivity contribution in [2.24, 2.45) is 0 Å². The molecule has 10 nitrogen and oxygen atoms in total. The summed E-state index contributed by atoms with van der Waals surface area (Å²) < 4.78 is 31.9. The standard InChI is InChI=1S/C29H29F2N7O3/c1-5-20-26(21(6-2)33-15-32-20)38-28-17(13-19(31)25(34-28)24-18(30)9-8-10-22(24)39)27(35-29(38)41)37-12-11-36(14-16(37)4)23(40)7-3/h7-10,13,15-16,39H,3,5-6,11-12,14H2,1-2,4H3/t16-/m0/s1. The average molecular weight is 562 g/mol. The second-order valence-corrected chi connectivity index (χ2v) is 9.73. The Hall–Kier alpha value is -4.74. The Bertz CT molecular complexity index is 1700. The van der Waals surface area contributed by atoms with Crippen LogP contribution in [0.5, 0.6) is 5.75 Å². The van der Waals surface area contributed by atoms with E-state index in [1.54, 1.807) is 4.90 Å². The van der Waals surface area contributed by atoms with Gasteiger partial charge in [-0.25, -0.2) is 33.1 Å². The van der Waals surface area contributed by atoms with E-state index >= 15 is 4.39 Å². The zero-order valence-corrected chi connectivity index (χ0v) is 22.9. The number of aromatic hydroxyl groups is 1. The summed E-state index contributed by atoms with van der Waals surface area (Å²) in [5.41, 5.74) is -0.0850. The van der Waals surface area contributed by atoms with E-state index in [0.29, 0.717) is 49.6 Å². The van der Waals surface area contributed by atoms with E-state index in [1.807, 2.05) is 25.7 Å². The van der Waals surface area contributed by atoms with Crippen molar-refractivity contribution in [1.29, 1.82) is 0 Å². The van der Waals surface area contributed by atoms with Gasteiger partial charge < -0.3 is 14.9 Å². The molecule has 1 aliphatic rings. The lowest BCUT2D eigenvalue weighted by Gasteiger charge is -2.40. The van der Waals surface area contributed by atoms with Gasteiger partial charge in [-0.2, -0.15) is 4.98 Å². The van der Waals surface area contributed by atoms with Gasteiger partial charge in [-0.15, -0.1) is 0 Å². The molecule has 4 aromatic rings. The number of nitrogens with zero attached hydrogens (tertiary/aromatic N) is 7. The molecule has 1 amide bonds. The third-order valence-corrected chi connectivity index (χ3v) is 7.28. The van der Waals surface area contributed by atoms with Gasteiger partial charge in [-0.1, -0.05) is 26.5 Å². The summed E-state index contributed by atoms with van der Waals surface area (Å²) in [5.74, 6) is -2.31. The van der Waals surface area contributed by atoms with Crippen LogP contribution >= 0.6 is 0 Å². The molecule has 0 bridgehead atoms. The van der Waals surface area contributed by atoms with E-state index in [9.17, 15) is 19.1 Å². The normalized spacial score (nSPS) is 15.4. The van der Waals surface area contributed by atoms with Crippen LogP contribution < -0.4 is 10.6 Å². The first-order valence-electron chi connectivity index (χ1n) is 13.3. The van der Waals surface area contributed by atoms with Crippen LogP contribution in [0.2, 0.25) is 0 Å². The van der Waals surface area contributed by atoms with Gasteiger partial charge in [0, 0.05) is 25.7 Å². The van der Waals surface area contributed by atoms with Gasteiger partial charge in [0.25, 0.3) is 0 Å². The van der Waals surface area contributed by atoms with Crippen molar-refractivity contribution in [2.75, 3.05) is 24.5 Å². The van der Waals surface area contributed by atoms with Crippen LogP contribution in [0.15, 0.2) is 48.0 Å². The molecule has 0 saturated carbocycles. The van der Waals surface area contributed by atoms with E-state index < -0.39 is 34.3 Å². The number of carbonyl (C=O) groups excluding carboxylic acids is 1. The Balaban J connectivity index is 1.83.